The Morgan fingerprint density at radius 2 is 2.13 bits per heavy atom. The van der Waals surface area contributed by atoms with Gasteiger partial charge in [0.05, 0.1) is 12.6 Å². The summed E-state index contributed by atoms with van der Waals surface area (Å²) in [5.74, 6) is 0.560. The first-order chi connectivity index (χ1) is 11.2. The van der Waals surface area contributed by atoms with Gasteiger partial charge in [-0.1, -0.05) is 30.7 Å². The number of aliphatic hydroxyl groups excluding tert-OH is 1. The molecule has 1 aliphatic rings. The summed E-state index contributed by atoms with van der Waals surface area (Å²) < 4.78 is 2.00. The number of rotatable bonds is 5. The normalized spacial score (nSPS) is 22.9. The van der Waals surface area contributed by atoms with Crippen LogP contribution in [0.1, 0.15) is 54.5 Å². The fourth-order valence-electron chi connectivity index (χ4n) is 3.90. The summed E-state index contributed by atoms with van der Waals surface area (Å²) in [6.07, 6.45) is 6.63. The van der Waals surface area contributed by atoms with Crippen molar-refractivity contribution in [2.24, 2.45) is 7.05 Å². The molecule has 1 aromatic heterocycles. The summed E-state index contributed by atoms with van der Waals surface area (Å²) in [4.78, 5) is 0. The maximum Gasteiger partial charge on any atom is 0.0626 e. The van der Waals surface area contributed by atoms with Gasteiger partial charge in [-0.3, -0.25) is 4.68 Å². The molecule has 0 spiro atoms. The minimum absolute atomic E-state index is 0.0199. The quantitative estimate of drug-likeness (QED) is 0.892. The molecule has 0 saturated heterocycles. The van der Waals surface area contributed by atoms with Crippen molar-refractivity contribution in [3.63, 3.8) is 0 Å². The highest BCUT2D eigenvalue weighted by Crippen LogP contribution is 2.33. The van der Waals surface area contributed by atoms with E-state index in [4.69, 9.17) is 0 Å². The van der Waals surface area contributed by atoms with Gasteiger partial charge in [0.25, 0.3) is 0 Å². The van der Waals surface area contributed by atoms with Crippen LogP contribution in [-0.4, -0.2) is 27.5 Å². The van der Waals surface area contributed by atoms with Gasteiger partial charge in [-0.15, -0.1) is 0 Å². The highest BCUT2D eigenvalue weighted by Gasteiger charge is 2.27. The van der Waals surface area contributed by atoms with Crippen LogP contribution in [-0.2, 0) is 7.05 Å². The number of aliphatic hydroxyl groups is 1. The highest BCUT2D eigenvalue weighted by molar-refractivity contribution is 5.29. The summed E-state index contributed by atoms with van der Waals surface area (Å²) in [7, 11) is 2.02. The first kappa shape index (κ1) is 16.2. The molecular formula is C19H27N3O. The third kappa shape index (κ3) is 3.65. The Hall–Kier alpha value is -1.65. The Morgan fingerprint density at radius 3 is 2.83 bits per heavy atom. The monoisotopic (exact) mass is 313 g/mol. The second-order valence-corrected chi connectivity index (χ2v) is 6.70. The zero-order valence-corrected chi connectivity index (χ0v) is 14.1. The molecule has 1 saturated carbocycles. The number of aromatic nitrogens is 2. The van der Waals surface area contributed by atoms with E-state index in [0.717, 1.165) is 6.42 Å². The van der Waals surface area contributed by atoms with Gasteiger partial charge in [-0.05, 0) is 43.4 Å². The van der Waals surface area contributed by atoms with E-state index in [0.29, 0.717) is 12.0 Å². The van der Waals surface area contributed by atoms with Gasteiger partial charge in [0.2, 0.25) is 0 Å². The van der Waals surface area contributed by atoms with Gasteiger partial charge < -0.3 is 10.4 Å². The van der Waals surface area contributed by atoms with E-state index in [-0.39, 0.29) is 12.6 Å². The van der Waals surface area contributed by atoms with Gasteiger partial charge >= 0.3 is 0 Å². The van der Waals surface area contributed by atoms with Crippen molar-refractivity contribution >= 4 is 0 Å². The lowest BCUT2D eigenvalue weighted by atomic mass is 9.83. The molecule has 0 bridgehead atoms. The van der Waals surface area contributed by atoms with E-state index < -0.39 is 0 Å². The van der Waals surface area contributed by atoms with Gasteiger partial charge in [0.1, 0.15) is 0 Å². The summed E-state index contributed by atoms with van der Waals surface area (Å²) in [5, 5.41) is 17.9. The van der Waals surface area contributed by atoms with Crippen molar-refractivity contribution in [3.05, 3.63) is 53.3 Å². The number of nitrogens with zero attached hydrogens (tertiary/aromatic N) is 2. The minimum Gasteiger partial charge on any atom is -0.394 e. The van der Waals surface area contributed by atoms with Crippen LogP contribution in [0, 0.1) is 6.92 Å². The van der Waals surface area contributed by atoms with Crippen LogP contribution in [0.25, 0.3) is 0 Å². The molecule has 2 N–H and O–H groups in total. The van der Waals surface area contributed by atoms with Crippen molar-refractivity contribution in [1.82, 2.24) is 15.1 Å². The van der Waals surface area contributed by atoms with Crippen LogP contribution in [0.3, 0.4) is 0 Å². The summed E-state index contributed by atoms with van der Waals surface area (Å²) in [6, 6.07) is 10.9. The first-order valence-corrected chi connectivity index (χ1v) is 8.59. The second kappa shape index (κ2) is 7.28. The second-order valence-electron chi connectivity index (χ2n) is 6.70. The maximum absolute atomic E-state index is 9.85. The fraction of sp³-hybridized carbons (Fsp3) is 0.526. The number of nitrogens with one attached hydrogen (secondary N) is 1. The predicted octanol–water partition coefficient (Wildman–Crippen LogP) is 3.08. The molecule has 3 unspecified atom stereocenters. The summed E-state index contributed by atoms with van der Waals surface area (Å²) >= 11 is 0. The number of hydrogen-bond donors (Lipinski definition) is 2. The van der Waals surface area contributed by atoms with Crippen LogP contribution >= 0.6 is 0 Å². The summed E-state index contributed by atoms with van der Waals surface area (Å²) in [6.45, 7) is 2.25. The molecule has 1 aromatic carbocycles. The van der Waals surface area contributed by atoms with Gasteiger partial charge in [-0.25, -0.2) is 0 Å². The highest BCUT2D eigenvalue weighted by atomic mass is 16.3. The molecule has 1 fully saturated rings. The summed E-state index contributed by atoms with van der Waals surface area (Å²) in [5.41, 5.74) is 3.77. The average Bonchev–Trinajstić information content (AvgIpc) is 3.00. The van der Waals surface area contributed by atoms with E-state index in [9.17, 15) is 5.11 Å². The Balaban J connectivity index is 1.69. The molecule has 23 heavy (non-hydrogen) atoms. The lowest BCUT2D eigenvalue weighted by Gasteiger charge is -2.33. The molecule has 3 rings (SSSR count). The minimum atomic E-state index is 0.0199. The SMILES string of the molecule is Cc1ccccc1C(CO)NC1CCCC(c2ccnn2C)C1. The maximum atomic E-state index is 9.85. The smallest absolute Gasteiger partial charge is 0.0626 e. The molecule has 0 amide bonds. The molecule has 1 aliphatic carbocycles. The molecule has 4 heteroatoms. The molecule has 0 aliphatic heterocycles. The van der Waals surface area contributed by atoms with Crippen LogP contribution in [0.2, 0.25) is 0 Å². The average molecular weight is 313 g/mol. The van der Waals surface area contributed by atoms with E-state index in [1.54, 1.807) is 0 Å². The van der Waals surface area contributed by atoms with Crippen LogP contribution in [0.15, 0.2) is 36.5 Å². The van der Waals surface area contributed by atoms with E-state index >= 15 is 0 Å². The molecule has 0 radical (unpaired) electrons. The Morgan fingerprint density at radius 1 is 1.30 bits per heavy atom. The molecule has 4 nitrogen and oxygen atoms in total. The van der Waals surface area contributed by atoms with Crippen molar-refractivity contribution < 1.29 is 5.11 Å². The Bertz CT molecular complexity index is 637. The van der Waals surface area contributed by atoms with E-state index in [1.165, 1.54) is 36.1 Å². The van der Waals surface area contributed by atoms with Crippen molar-refractivity contribution in [2.75, 3.05) is 6.61 Å². The lowest BCUT2D eigenvalue weighted by molar-refractivity contribution is 0.214. The molecule has 2 aromatic rings. The van der Waals surface area contributed by atoms with Crippen molar-refractivity contribution in [3.8, 4) is 0 Å². The van der Waals surface area contributed by atoms with Crippen LogP contribution in [0.5, 0.6) is 0 Å². The predicted molar refractivity (Wildman–Crippen MR) is 92.3 cm³/mol. The molecule has 124 valence electrons. The lowest BCUT2D eigenvalue weighted by Crippen LogP contribution is -2.38. The zero-order chi connectivity index (χ0) is 16.2. The van der Waals surface area contributed by atoms with Gasteiger partial charge in [0, 0.05) is 30.9 Å². The third-order valence-electron chi connectivity index (χ3n) is 5.13. The third-order valence-corrected chi connectivity index (χ3v) is 5.13. The number of hydrogen-bond acceptors (Lipinski definition) is 3. The standard InChI is InChI=1S/C19H27N3O/c1-14-6-3-4-9-17(14)18(13-23)21-16-8-5-7-15(12-16)19-10-11-20-22(19)2/h3-4,6,9-11,15-16,18,21,23H,5,7-8,12-13H2,1-2H3. The number of benzene rings is 1. The topological polar surface area (TPSA) is 50.1 Å². The van der Waals surface area contributed by atoms with Crippen molar-refractivity contribution in [2.45, 2.75) is 50.6 Å². The Labute approximate surface area is 138 Å². The largest absolute Gasteiger partial charge is 0.394 e. The van der Waals surface area contributed by atoms with E-state index in [1.807, 2.05) is 30.1 Å². The van der Waals surface area contributed by atoms with Crippen LogP contribution in [0.4, 0.5) is 0 Å². The van der Waals surface area contributed by atoms with Crippen molar-refractivity contribution in [1.29, 1.82) is 0 Å². The molecule has 3 atom stereocenters. The van der Waals surface area contributed by atoms with Crippen LogP contribution < -0.4 is 5.32 Å². The van der Waals surface area contributed by atoms with Gasteiger partial charge in [-0.2, -0.15) is 5.10 Å². The van der Waals surface area contributed by atoms with E-state index in [2.05, 4.69) is 35.5 Å². The zero-order valence-electron chi connectivity index (χ0n) is 14.1. The first-order valence-electron chi connectivity index (χ1n) is 8.59. The molecule has 1 heterocycles. The molecular weight excluding hydrogens is 286 g/mol. The Kier molecular flexibility index (Phi) is 5.13. The number of aryl methyl sites for hydroxylation is 2. The fourth-order valence-corrected chi connectivity index (χ4v) is 3.90. The van der Waals surface area contributed by atoms with Gasteiger partial charge in [0.15, 0.2) is 0 Å².